The second-order valence-electron chi connectivity index (χ2n) is 7.93. The molecule has 154 valence electrons. The van der Waals surface area contributed by atoms with E-state index in [9.17, 15) is 0 Å². The van der Waals surface area contributed by atoms with Crippen molar-refractivity contribution in [1.29, 1.82) is 0 Å². The standard InChI is InChI=1S/C29H23N3/c1-20-9-13-22(14-10-20)24-19-32-29(26-8-4-6-18-31-26)28(25-7-3-5-17-30-25)27(24)23-15-11-21(2)12-16-23/h3-19H,1-2H3. The number of nitrogens with zero attached hydrogens (tertiary/aromatic N) is 3. The number of aromatic nitrogens is 3. The number of hydrogen-bond acceptors (Lipinski definition) is 3. The SMILES string of the molecule is Cc1ccc(-c2cnc(-c3ccccn3)c(-c3ccccn3)c2-c2ccc(C)cc2)cc1. The van der Waals surface area contributed by atoms with Crippen LogP contribution in [0.25, 0.3) is 44.9 Å². The fraction of sp³-hybridized carbons (Fsp3) is 0.0690. The van der Waals surface area contributed by atoms with Crippen molar-refractivity contribution in [3.8, 4) is 44.9 Å². The molecule has 0 saturated heterocycles. The van der Waals surface area contributed by atoms with Gasteiger partial charge in [0.25, 0.3) is 0 Å². The predicted molar refractivity (Wildman–Crippen MR) is 131 cm³/mol. The van der Waals surface area contributed by atoms with Crippen LogP contribution in [0.1, 0.15) is 11.1 Å². The van der Waals surface area contributed by atoms with Crippen LogP contribution in [0.3, 0.4) is 0 Å². The summed E-state index contributed by atoms with van der Waals surface area (Å²) < 4.78 is 0. The van der Waals surface area contributed by atoms with Crippen LogP contribution in [0.2, 0.25) is 0 Å². The summed E-state index contributed by atoms with van der Waals surface area (Å²) in [5.74, 6) is 0. The van der Waals surface area contributed by atoms with Crippen LogP contribution in [0, 0.1) is 13.8 Å². The summed E-state index contributed by atoms with van der Waals surface area (Å²) in [6, 6.07) is 29.2. The predicted octanol–water partition coefficient (Wildman–Crippen LogP) is 7.16. The molecule has 2 aromatic carbocycles. The molecule has 3 heteroatoms. The lowest BCUT2D eigenvalue weighted by atomic mass is 9.88. The fourth-order valence-corrected chi connectivity index (χ4v) is 3.94. The van der Waals surface area contributed by atoms with Crippen molar-refractivity contribution >= 4 is 0 Å². The number of hydrogen-bond donors (Lipinski definition) is 0. The molecule has 3 aromatic heterocycles. The highest BCUT2D eigenvalue weighted by atomic mass is 14.8. The van der Waals surface area contributed by atoms with Crippen LogP contribution in [-0.4, -0.2) is 15.0 Å². The zero-order chi connectivity index (χ0) is 21.9. The van der Waals surface area contributed by atoms with Crippen LogP contribution in [0.4, 0.5) is 0 Å². The smallest absolute Gasteiger partial charge is 0.0986 e. The molecular weight excluding hydrogens is 390 g/mol. The molecule has 0 fully saturated rings. The Morgan fingerprint density at radius 1 is 0.500 bits per heavy atom. The summed E-state index contributed by atoms with van der Waals surface area (Å²) in [5.41, 5.74) is 10.4. The van der Waals surface area contributed by atoms with E-state index in [1.54, 1.807) is 6.20 Å². The third-order valence-corrected chi connectivity index (χ3v) is 5.61. The van der Waals surface area contributed by atoms with E-state index >= 15 is 0 Å². The van der Waals surface area contributed by atoms with E-state index in [1.165, 1.54) is 11.1 Å². The molecule has 5 aromatic rings. The minimum Gasteiger partial charge on any atom is -0.256 e. The van der Waals surface area contributed by atoms with Crippen molar-refractivity contribution in [2.75, 3.05) is 0 Å². The van der Waals surface area contributed by atoms with Gasteiger partial charge in [0.1, 0.15) is 0 Å². The lowest BCUT2D eigenvalue weighted by Gasteiger charge is -2.19. The van der Waals surface area contributed by atoms with Gasteiger partial charge >= 0.3 is 0 Å². The minimum absolute atomic E-state index is 0.829. The third kappa shape index (κ3) is 3.81. The average Bonchev–Trinajstić information content (AvgIpc) is 2.85. The summed E-state index contributed by atoms with van der Waals surface area (Å²) in [5, 5.41) is 0. The lowest BCUT2D eigenvalue weighted by molar-refractivity contribution is 1.23. The van der Waals surface area contributed by atoms with E-state index < -0.39 is 0 Å². The summed E-state index contributed by atoms with van der Waals surface area (Å²) >= 11 is 0. The van der Waals surface area contributed by atoms with E-state index in [0.29, 0.717) is 0 Å². The largest absolute Gasteiger partial charge is 0.256 e. The second-order valence-corrected chi connectivity index (χ2v) is 7.93. The molecule has 0 saturated carbocycles. The normalized spacial score (nSPS) is 10.8. The Balaban J connectivity index is 1.89. The van der Waals surface area contributed by atoms with Crippen LogP contribution in [0.15, 0.2) is 104 Å². The molecule has 0 aliphatic rings. The molecule has 0 amide bonds. The van der Waals surface area contributed by atoms with Crippen molar-refractivity contribution in [3.63, 3.8) is 0 Å². The van der Waals surface area contributed by atoms with E-state index in [2.05, 4.69) is 67.4 Å². The first-order chi connectivity index (χ1) is 15.7. The maximum Gasteiger partial charge on any atom is 0.0986 e. The van der Waals surface area contributed by atoms with Gasteiger partial charge in [0.05, 0.1) is 17.1 Å². The maximum absolute atomic E-state index is 4.93. The van der Waals surface area contributed by atoms with Crippen LogP contribution >= 0.6 is 0 Å². The van der Waals surface area contributed by atoms with Gasteiger partial charge in [-0.2, -0.15) is 0 Å². The van der Waals surface area contributed by atoms with E-state index in [4.69, 9.17) is 9.97 Å². The number of aryl methyl sites for hydroxylation is 2. The molecule has 0 aliphatic carbocycles. The van der Waals surface area contributed by atoms with Crippen molar-refractivity contribution in [1.82, 2.24) is 15.0 Å². The van der Waals surface area contributed by atoms with Gasteiger partial charge in [0.15, 0.2) is 0 Å². The van der Waals surface area contributed by atoms with Crippen molar-refractivity contribution in [2.45, 2.75) is 13.8 Å². The monoisotopic (exact) mass is 413 g/mol. The first-order valence-electron chi connectivity index (χ1n) is 10.7. The molecule has 0 bridgehead atoms. The molecular formula is C29H23N3. The molecule has 0 radical (unpaired) electrons. The lowest BCUT2D eigenvalue weighted by Crippen LogP contribution is -1.99. The Labute approximate surface area is 188 Å². The Bertz CT molecular complexity index is 1340. The average molecular weight is 414 g/mol. The maximum atomic E-state index is 4.93. The number of benzene rings is 2. The number of pyridine rings is 3. The third-order valence-electron chi connectivity index (χ3n) is 5.61. The number of rotatable bonds is 4. The van der Waals surface area contributed by atoms with Gasteiger partial charge in [-0.25, -0.2) is 0 Å². The molecule has 0 atom stereocenters. The summed E-state index contributed by atoms with van der Waals surface area (Å²) in [4.78, 5) is 14.3. The van der Waals surface area contributed by atoms with Crippen molar-refractivity contribution in [2.24, 2.45) is 0 Å². The highest BCUT2D eigenvalue weighted by Gasteiger charge is 2.21. The quantitative estimate of drug-likeness (QED) is 0.314. The van der Waals surface area contributed by atoms with E-state index in [1.807, 2.05) is 48.8 Å². The van der Waals surface area contributed by atoms with Crippen LogP contribution in [-0.2, 0) is 0 Å². The van der Waals surface area contributed by atoms with E-state index in [-0.39, 0.29) is 0 Å². The zero-order valence-corrected chi connectivity index (χ0v) is 18.2. The van der Waals surface area contributed by atoms with Gasteiger partial charge in [-0.3, -0.25) is 15.0 Å². The summed E-state index contributed by atoms with van der Waals surface area (Å²) in [7, 11) is 0. The molecule has 5 rings (SSSR count). The van der Waals surface area contributed by atoms with Gasteiger partial charge < -0.3 is 0 Å². The molecule has 0 aliphatic heterocycles. The van der Waals surface area contributed by atoms with Gasteiger partial charge in [-0.1, -0.05) is 71.8 Å². The van der Waals surface area contributed by atoms with Gasteiger partial charge in [-0.15, -0.1) is 0 Å². The van der Waals surface area contributed by atoms with Crippen LogP contribution < -0.4 is 0 Å². The second kappa shape index (κ2) is 8.56. The Morgan fingerprint density at radius 2 is 1.06 bits per heavy atom. The Morgan fingerprint density at radius 3 is 1.62 bits per heavy atom. The van der Waals surface area contributed by atoms with Crippen LogP contribution in [0.5, 0.6) is 0 Å². The van der Waals surface area contributed by atoms with Gasteiger partial charge in [0.2, 0.25) is 0 Å². The summed E-state index contributed by atoms with van der Waals surface area (Å²) in [6.45, 7) is 4.21. The molecule has 32 heavy (non-hydrogen) atoms. The van der Waals surface area contributed by atoms with Gasteiger partial charge in [0, 0.05) is 35.3 Å². The Kier molecular flexibility index (Phi) is 5.30. The van der Waals surface area contributed by atoms with E-state index in [0.717, 1.165) is 44.9 Å². The molecule has 0 N–H and O–H groups in total. The molecule has 0 spiro atoms. The first kappa shape index (κ1) is 19.8. The molecule has 3 nitrogen and oxygen atoms in total. The van der Waals surface area contributed by atoms with Gasteiger partial charge in [-0.05, 0) is 49.2 Å². The molecule has 3 heterocycles. The summed E-state index contributed by atoms with van der Waals surface area (Å²) in [6.07, 6.45) is 5.60. The van der Waals surface area contributed by atoms with Crippen molar-refractivity contribution in [3.05, 3.63) is 115 Å². The fourth-order valence-electron chi connectivity index (χ4n) is 3.94. The topological polar surface area (TPSA) is 38.7 Å². The highest BCUT2D eigenvalue weighted by Crippen LogP contribution is 2.43. The Hall–Kier alpha value is -4.11. The zero-order valence-electron chi connectivity index (χ0n) is 18.2. The minimum atomic E-state index is 0.829. The first-order valence-corrected chi connectivity index (χ1v) is 10.7. The molecule has 0 unspecified atom stereocenters. The van der Waals surface area contributed by atoms with Crippen molar-refractivity contribution < 1.29 is 0 Å². The highest BCUT2D eigenvalue weighted by molar-refractivity contribution is 5.98.